The molecule has 0 radical (unpaired) electrons. The van der Waals surface area contributed by atoms with E-state index in [2.05, 4.69) is 5.32 Å². The van der Waals surface area contributed by atoms with E-state index < -0.39 is 36.1 Å². The molecular weight excluding hydrogens is 421 g/mol. The SMILES string of the molecule is O=C(C[C@@H](NC(=O)c1ccccc1Cl)c1ccccc1)OCC(=O)c1ccc(F)cc1. The van der Waals surface area contributed by atoms with E-state index in [1.165, 1.54) is 12.1 Å². The van der Waals surface area contributed by atoms with Gasteiger partial charge in [0.2, 0.25) is 0 Å². The number of hydrogen-bond acceptors (Lipinski definition) is 4. The second-order valence-corrected chi connectivity index (χ2v) is 7.12. The smallest absolute Gasteiger partial charge is 0.308 e. The Morgan fingerprint density at radius 1 is 0.903 bits per heavy atom. The Bertz CT molecular complexity index is 1070. The summed E-state index contributed by atoms with van der Waals surface area (Å²) in [5, 5.41) is 3.09. The van der Waals surface area contributed by atoms with Gasteiger partial charge in [-0.2, -0.15) is 0 Å². The monoisotopic (exact) mass is 439 g/mol. The molecule has 3 aromatic rings. The summed E-state index contributed by atoms with van der Waals surface area (Å²) >= 11 is 6.09. The predicted octanol–water partition coefficient (Wildman–Crippen LogP) is 4.77. The van der Waals surface area contributed by atoms with Gasteiger partial charge < -0.3 is 10.1 Å². The largest absolute Gasteiger partial charge is 0.457 e. The van der Waals surface area contributed by atoms with Gasteiger partial charge in [-0.15, -0.1) is 0 Å². The number of Topliss-reactive ketones (excluding diaryl/α,β-unsaturated/α-hetero) is 1. The first kappa shape index (κ1) is 22.2. The van der Waals surface area contributed by atoms with Crippen LogP contribution in [-0.2, 0) is 9.53 Å². The molecule has 0 aliphatic rings. The quantitative estimate of drug-likeness (QED) is 0.405. The Balaban J connectivity index is 1.66. The highest BCUT2D eigenvalue weighted by Crippen LogP contribution is 2.21. The third-order valence-corrected chi connectivity index (χ3v) is 4.86. The molecule has 0 aliphatic carbocycles. The number of carbonyl (C=O) groups excluding carboxylic acids is 3. The third-order valence-electron chi connectivity index (χ3n) is 4.53. The van der Waals surface area contributed by atoms with Gasteiger partial charge in [-0.05, 0) is 42.0 Å². The number of rotatable bonds is 8. The van der Waals surface area contributed by atoms with E-state index in [0.29, 0.717) is 10.6 Å². The summed E-state index contributed by atoms with van der Waals surface area (Å²) in [4.78, 5) is 37.2. The number of carbonyl (C=O) groups is 3. The number of ether oxygens (including phenoxy) is 1. The Labute approximate surface area is 183 Å². The summed E-state index contributed by atoms with van der Waals surface area (Å²) in [6, 6.07) is 19.8. The molecule has 0 bridgehead atoms. The molecule has 3 aromatic carbocycles. The van der Waals surface area contributed by atoms with E-state index in [9.17, 15) is 18.8 Å². The number of esters is 1. The third kappa shape index (κ3) is 6.23. The molecule has 7 heteroatoms. The zero-order chi connectivity index (χ0) is 22.2. The molecule has 158 valence electrons. The van der Waals surface area contributed by atoms with Gasteiger partial charge in [-0.3, -0.25) is 14.4 Å². The Hall–Kier alpha value is -3.51. The van der Waals surface area contributed by atoms with Crippen molar-refractivity contribution in [1.82, 2.24) is 5.32 Å². The van der Waals surface area contributed by atoms with Crippen molar-refractivity contribution in [3.8, 4) is 0 Å². The number of benzene rings is 3. The molecule has 0 spiro atoms. The van der Waals surface area contributed by atoms with Gasteiger partial charge in [0.1, 0.15) is 5.82 Å². The number of ketones is 1. The summed E-state index contributed by atoms with van der Waals surface area (Å²) in [5.74, 6) is -2.02. The lowest BCUT2D eigenvalue weighted by Gasteiger charge is -2.19. The molecule has 0 saturated carbocycles. The maximum atomic E-state index is 13.0. The molecule has 0 saturated heterocycles. The lowest BCUT2D eigenvalue weighted by Crippen LogP contribution is -2.31. The normalized spacial score (nSPS) is 11.4. The number of amides is 1. The van der Waals surface area contributed by atoms with Crippen LogP contribution in [0.5, 0.6) is 0 Å². The highest BCUT2D eigenvalue weighted by Gasteiger charge is 2.22. The van der Waals surface area contributed by atoms with E-state index >= 15 is 0 Å². The molecule has 1 atom stereocenters. The number of halogens is 2. The molecule has 31 heavy (non-hydrogen) atoms. The summed E-state index contributed by atoms with van der Waals surface area (Å²) in [7, 11) is 0. The van der Waals surface area contributed by atoms with Gasteiger partial charge in [0.15, 0.2) is 12.4 Å². The molecule has 0 unspecified atom stereocenters. The molecule has 0 heterocycles. The van der Waals surface area contributed by atoms with Crippen molar-refractivity contribution in [2.24, 2.45) is 0 Å². The minimum atomic E-state index is -0.682. The van der Waals surface area contributed by atoms with Crippen molar-refractivity contribution >= 4 is 29.3 Å². The van der Waals surface area contributed by atoms with Crippen LogP contribution in [0, 0.1) is 5.82 Å². The zero-order valence-electron chi connectivity index (χ0n) is 16.4. The fraction of sp³-hybridized carbons (Fsp3) is 0.125. The molecule has 0 fully saturated rings. The van der Waals surface area contributed by atoms with Crippen LogP contribution in [0.2, 0.25) is 5.02 Å². The fourth-order valence-corrected chi connectivity index (χ4v) is 3.13. The van der Waals surface area contributed by atoms with Crippen molar-refractivity contribution in [1.29, 1.82) is 0 Å². The van der Waals surface area contributed by atoms with Crippen LogP contribution >= 0.6 is 11.6 Å². The zero-order valence-corrected chi connectivity index (χ0v) is 17.1. The van der Waals surface area contributed by atoms with Crippen molar-refractivity contribution in [3.05, 3.63) is 106 Å². The van der Waals surface area contributed by atoms with Gasteiger partial charge in [0.25, 0.3) is 5.91 Å². The average Bonchev–Trinajstić information content (AvgIpc) is 2.78. The summed E-state index contributed by atoms with van der Waals surface area (Å²) in [6.07, 6.45) is -0.184. The first-order valence-corrected chi connectivity index (χ1v) is 9.86. The second kappa shape index (κ2) is 10.5. The number of hydrogen-bond donors (Lipinski definition) is 1. The summed E-state index contributed by atoms with van der Waals surface area (Å²) in [6.45, 7) is -0.482. The molecular formula is C24H19ClFNO4. The van der Waals surface area contributed by atoms with Crippen LogP contribution in [0.15, 0.2) is 78.9 Å². The van der Waals surface area contributed by atoms with Gasteiger partial charge in [0.05, 0.1) is 23.0 Å². The van der Waals surface area contributed by atoms with Gasteiger partial charge in [-0.25, -0.2) is 4.39 Å². The van der Waals surface area contributed by atoms with E-state index in [4.69, 9.17) is 16.3 Å². The lowest BCUT2D eigenvalue weighted by atomic mass is 10.0. The molecule has 3 rings (SSSR count). The van der Waals surface area contributed by atoms with Crippen molar-refractivity contribution in [2.75, 3.05) is 6.61 Å². The fourth-order valence-electron chi connectivity index (χ4n) is 2.91. The van der Waals surface area contributed by atoms with Crippen LogP contribution in [0.4, 0.5) is 4.39 Å². The Morgan fingerprint density at radius 2 is 1.55 bits per heavy atom. The Morgan fingerprint density at radius 3 is 2.23 bits per heavy atom. The number of nitrogens with one attached hydrogen (secondary N) is 1. The Kier molecular flexibility index (Phi) is 7.51. The first-order chi connectivity index (χ1) is 14.9. The maximum absolute atomic E-state index is 13.0. The highest BCUT2D eigenvalue weighted by atomic mass is 35.5. The van der Waals surface area contributed by atoms with Gasteiger partial charge in [0, 0.05) is 5.56 Å². The molecule has 5 nitrogen and oxygen atoms in total. The van der Waals surface area contributed by atoms with Crippen LogP contribution in [0.1, 0.15) is 38.7 Å². The van der Waals surface area contributed by atoms with Crippen molar-refractivity contribution in [2.45, 2.75) is 12.5 Å². The van der Waals surface area contributed by atoms with E-state index in [-0.39, 0.29) is 17.5 Å². The van der Waals surface area contributed by atoms with Gasteiger partial charge >= 0.3 is 5.97 Å². The second-order valence-electron chi connectivity index (χ2n) is 6.71. The maximum Gasteiger partial charge on any atom is 0.308 e. The van der Waals surface area contributed by atoms with Crippen LogP contribution in [-0.4, -0.2) is 24.3 Å². The van der Waals surface area contributed by atoms with Crippen LogP contribution in [0.25, 0.3) is 0 Å². The standard InChI is InChI=1S/C24H19ClFNO4/c25-20-9-5-4-8-19(20)24(30)27-21(16-6-2-1-3-7-16)14-23(29)31-15-22(28)17-10-12-18(26)13-11-17/h1-13,21H,14-15H2,(H,27,30)/t21-/m1/s1. The molecule has 1 N–H and O–H groups in total. The van der Waals surface area contributed by atoms with E-state index in [0.717, 1.165) is 12.1 Å². The first-order valence-electron chi connectivity index (χ1n) is 9.49. The molecule has 0 aromatic heterocycles. The topological polar surface area (TPSA) is 72.5 Å². The van der Waals surface area contributed by atoms with Crippen molar-refractivity contribution in [3.63, 3.8) is 0 Å². The molecule has 0 aliphatic heterocycles. The minimum Gasteiger partial charge on any atom is -0.457 e. The van der Waals surface area contributed by atoms with E-state index in [1.807, 2.05) is 6.07 Å². The molecule has 1 amide bonds. The summed E-state index contributed by atoms with van der Waals surface area (Å²) < 4.78 is 18.1. The van der Waals surface area contributed by atoms with Crippen molar-refractivity contribution < 1.29 is 23.5 Å². The predicted molar refractivity (Wildman–Crippen MR) is 114 cm³/mol. The minimum absolute atomic E-state index is 0.184. The van der Waals surface area contributed by atoms with Crippen LogP contribution < -0.4 is 5.32 Å². The highest BCUT2D eigenvalue weighted by molar-refractivity contribution is 6.33. The summed E-state index contributed by atoms with van der Waals surface area (Å²) in [5.41, 5.74) is 1.22. The lowest BCUT2D eigenvalue weighted by molar-refractivity contribution is -0.143. The van der Waals surface area contributed by atoms with Crippen LogP contribution in [0.3, 0.4) is 0 Å². The van der Waals surface area contributed by atoms with E-state index in [1.54, 1.807) is 48.5 Å². The average molecular weight is 440 g/mol. The van der Waals surface area contributed by atoms with Gasteiger partial charge in [-0.1, -0.05) is 54.1 Å².